The average Bonchev–Trinajstić information content (AvgIpc) is 2.93. The molecule has 0 radical (unpaired) electrons. The number of hydrogen-bond acceptors (Lipinski definition) is 7. The number of carbonyl (C=O) groups excluding carboxylic acids is 2. The standard InChI is InChI=1S/C30H41FN4O4S/c1-4-39-28(36)24-7-8-25(27(31)19-24)21-35(29(37)34-15-17-40-18-16-34)26-9-5-23(6-10-26)20-32-11-13-33(14-12-32)22-30(2,3)38/h5-10,19,38H,4,11-18,20-22H2,1-3H3. The van der Waals surface area contributed by atoms with Crippen molar-refractivity contribution in [1.82, 2.24) is 14.7 Å². The van der Waals surface area contributed by atoms with Crippen LogP contribution < -0.4 is 4.90 Å². The Morgan fingerprint density at radius 3 is 2.25 bits per heavy atom. The zero-order valence-corrected chi connectivity index (χ0v) is 24.6. The van der Waals surface area contributed by atoms with Crippen LogP contribution >= 0.6 is 11.8 Å². The molecular weight excluding hydrogens is 531 g/mol. The summed E-state index contributed by atoms with van der Waals surface area (Å²) >= 11 is 1.82. The number of benzene rings is 2. The van der Waals surface area contributed by atoms with Gasteiger partial charge in [0.25, 0.3) is 0 Å². The minimum Gasteiger partial charge on any atom is -0.462 e. The summed E-state index contributed by atoms with van der Waals surface area (Å²) in [5, 5.41) is 10.1. The molecule has 2 fully saturated rings. The minimum absolute atomic E-state index is 0.0555. The van der Waals surface area contributed by atoms with Gasteiger partial charge in [-0.25, -0.2) is 14.0 Å². The first kappa shape index (κ1) is 30.3. The number of urea groups is 1. The van der Waals surface area contributed by atoms with E-state index in [9.17, 15) is 14.7 Å². The van der Waals surface area contributed by atoms with E-state index in [2.05, 4.69) is 9.80 Å². The number of thioether (sulfide) groups is 1. The Labute approximate surface area is 241 Å². The maximum Gasteiger partial charge on any atom is 0.338 e. The van der Waals surface area contributed by atoms with Gasteiger partial charge in [-0.3, -0.25) is 14.7 Å². The Morgan fingerprint density at radius 2 is 1.65 bits per heavy atom. The molecule has 0 unspecified atom stereocenters. The predicted octanol–water partition coefficient (Wildman–Crippen LogP) is 4.07. The van der Waals surface area contributed by atoms with Gasteiger partial charge in [-0.1, -0.05) is 18.2 Å². The third-order valence-electron chi connectivity index (χ3n) is 7.13. The maximum absolute atomic E-state index is 15.1. The summed E-state index contributed by atoms with van der Waals surface area (Å²) in [5.74, 6) is 0.646. The number of piperazine rings is 1. The average molecular weight is 573 g/mol. The molecule has 1 N–H and O–H groups in total. The first-order chi connectivity index (χ1) is 19.1. The smallest absolute Gasteiger partial charge is 0.338 e. The van der Waals surface area contributed by atoms with E-state index in [1.807, 2.05) is 54.8 Å². The number of amides is 2. The highest BCUT2D eigenvalue weighted by Gasteiger charge is 2.26. The highest BCUT2D eigenvalue weighted by atomic mass is 32.2. The molecule has 0 atom stereocenters. The molecule has 2 heterocycles. The number of carbonyl (C=O) groups is 2. The molecule has 2 amide bonds. The highest BCUT2D eigenvalue weighted by Crippen LogP contribution is 2.24. The number of ether oxygens (including phenoxy) is 1. The Hall–Kier alpha value is -2.66. The molecule has 40 heavy (non-hydrogen) atoms. The Kier molecular flexibility index (Phi) is 10.5. The van der Waals surface area contributed by atoms with Crippen molar-refractivity contribution in [3.05, 3.63) is 65.0 Å². The van der Waals surface area contributed by atoms with Crippen LogP contribution in [-0.4, -0.2) is 101 Å². The molecule has 218 valence electrons. The molecule has 2 aliphatic rings. The fourth-order valence-electron chi connectivity index (χ4n) is 5.07. The van der Waals surface area contributed by atoms with Crippen LogP contribution in [0.15, 0.2) is 42.5 Å². The number of β-amino-alcohol motifs (C(OH)–C–C–N with tert-alkyl or cyclic N) is 1. The molecule has 2 saturated heterocycles. The normalized spacial score (nSPS) is 17.1. The van der Waals surface area contributed by atoms with Crippen LogP contribution in [-0.2, 0) is 17.8 Å². The molecule has 2 aromatic rings. The number of esters is 1. The molecule has 4 rings (SSSR count). The Balaban J connectivity index is 1.46. The second kappa shape index (κ2) is 13.8. The molecule has 0 aliphatic carbocycles. The van der Waals surface area contributed by atoms with Gasteiger partial charge in [0.1, 0.15) is 5.82 Å². The van der Waals surface area contributed by atoms with Gasteiger partial charge in [-0.2, -0.15) is 11.8 Å². The first-order valence-electron chi connectivity index (χ1n) is 14.0. The zero-order chi connectivity index (χ0) is 28.7. The number of halogens is 1. The van der Waals surface area contributed by atoms with Gasteiger partial charge in [-0.15, -0.1) is 0 Å². The summed E-state index contributed by atoms with van der Waals surface area (Å²) in [6, 6.07) is 12.1. The van der Waals surface area contributed by atoms with Crippen molar-refractivity contribution in [3.63, 3.8) is 0 Å². The zero-order valence-electron chi connectivity index (χ0n) is 23.8. The lowest BCUT2D eigenvalue weighted by atomic mass is 10.1. The summed E-state index contributed by atoms with van der Waals surface area (Å²) < 4.78 is 20.1. The van der Waals surface area contributed by atoms with Crippen molar-refractivity contribution >= 4 is 29.4 Å². The summed E-state index contributed by atoms with van der Waals surface area (Å²) in [6.45, 7) is 12.1. The molecule has 10 heteroatoms. The second-order valence-corrected chi connectivity index (χ2v) is 12.3. The van der Waals surface area contributed by atoms with Crippen LogP contribution in [0.3, 0.4) is 0 Å². The summed E-state index contributed by atoms with van der Waals surface area (Å²) in [4.78, 5) is 33.8. The van der Waals surface area contributed by atoms with Crippen LogP contribution in [0.5, 0.6) is 0 Å². The predicted molar refractivity (Wildman–Crippen MR) is 157 cm³/mol. The summed E-state index contributed by atoms with van der Waals surface area (Å²) in [5.41, 5.74) is 1.64. The van der Waals surface area contributed by atoms with Crippen molar-refractivity contribution in [2.45, 2.75) is 39.5 Å². The third kappa shape index (κ3) is 8.42. The molecule has 8 nitrogen and oxygen atoms in total. The molecule has 2 aromatic carbocycles. The number of hydrogen-bond donors (Lipinski definition) is 1. The van der Waals surface area contributed by atoms with Gasteiger partial charge in [0, 0.05) is 75.1 Å². The van der Waals surface area contributed by atoms with Gasteiger partial charge in [0.05, 0.1) is 24.3 Å². The van der Waals surface area contributed by atoms with Crippen molar-refractivity contribution in [2.75, 3.05) is 68.8 Å². The fourth-order valence-corrected chi connectivity index (χ4v) is 5.98. The van der Waals surface area contributed by atoms with E-state index in [0.717, 1.165) is 49.8 Å². The van der Waals surface area contributed by atoms with E-state index in [4.69, 9.17) is 4.74 Å². The van der Waals surface area contributed by atoms with Gasteiger partial charge >= 0.3 is 12.0 Å². The van der Waals surface area contributed by atoms with Gasteiger partial charge in [0.15, 0.2) is 0 Å². The van der Waals surface area contributed by atoms with Crippen molar-refractivity contribution < 1.29 is 23.8 Å². The van der Waals surface area contributed by atoms with E-state index >= 15 is 4.39 Å². The largest absolute Gasteiger partial charge is 0.462 e. The molecule has 2 aliphatic heterocycles. The number of anilines is 1. The SMILES string of the molecule is CCOC(=O)c1ccc(CN(C(=O)N2CCSCC2)c2ccc(CN3CCN(CC(C)(C)O)CC3)cc2)c(F)c1. The van der Waals surface area contributed by atoms with Gasteiger partial charge in [0.2, 0.25) is 0 Å². The van der Waals surface area contributed by atoms with Crippen molar-refractivity contribution in [1.29, 1.82) is 0 Å². The van der Waals surface area contributed by atoms with Crippen molar-refractivity contribution in [3.8, 4) is 0 Å². The molecule has 0 bridgehead atoms. The lowest BCUT2D eigenvalue weighted by molar-refractivity contribution is 0.0166. The van der Waals surface area contributed by atoms with E-state index in [1.54, 1.807) is 24.0 Å². The monoisotopic (exact) mass is 572 g/mol. The van der Waals surface area contributed by atoms with Crippen LogP contribution in [0.2, 0.25) is 0 Å². The highest BCUT2D eigenvalue weighted by molar-refractivity contribution is 7.99. The second-order valence-electron chi connectivity index (χ2n) is 11.0. The molecule has 0 aromatic heterocycles. The maximum atomic E-state index is 15.1. The van der Waals surface area contributed by atoms with E-state index in [1.165, 1.54) is 6.07 Å². The molecule has 0 saturated carbocycles. The van der Waals surface area contributed by atoms with E-state index < -0.39 is 17.4 Å². The fraction of sp³-hybridized carbons (Fsp3) is 0.533. The van der Waals surface area contributed by atoms with Gasteiger partial charge in [-0.05, 0) is 50.6 Å². The lowest BCUT2D eigenvalue weighted by Gasteiger charge is -2.37. The topological polar surface area (TPSA) is 76.6 Å². The number of rotatable bonds is 9. The third-order valence-corrected chi connectivity index (χ3v) is 8.08. The van der Waals surface area contributed by atoms with Gasteiger partial charge < -0.3 is 14.7 Å². The van der Waals surface area contributed by atoms with Crippen LogP contribution in [0.25, 0.3) is 0 Å². The Bertz CT molecular complexity index is 1140. The number of nitrogens with zero attached hydrogens (tertiary/aromatic N) is 4. The lowest BCUT2D eigenvalue weighted by Crippen LogP contribution is -2.50. The molecule has 0 spiro atoms. The quantitative estimate of drug-likeness (QED) is 0.454. The van der Waals surface area contributed by atoms with Crippen molar-refractivity contribution in [2.24, 2.45) is 0 Å². The molecular formula is C30H41FN4O4S. The first-order valence-corrected chi connectivity index (χ1v) is 15.1. The summed E-state index contributed by atoms with van der Waals surface area (Å²) in [6.07, 6.45) is 0. The summed E-state index contributed by atoms with van der Waals surface area (Å²) in [7, 11) is 0. The minimum atomic E-state index is -0.694. The van der Waals surface area contributed by atoms with E-state index in [0.29, 0.717) is 30.9 Å². The Morgan fingerprint density at radius 1 is 1.00 bits per heavy atom. The number of aliphatic hydroxyl groups is 1. The van der Waals surface area contributed by atoms with Crippen LogP contribution in [0.1, 0.15) is 42.3 Å². The van der Waals surface area contributed by atoms with E-state index in [-0.39, 0.29) is 24.7 Å². The van der Waals surface area contributed by atoms with Crippen LogP contribution in [0, 0.1) is 5.82 Å². The van der Waals surface area contributed by atoms with Crippen LogP contribution in [0.4, 0.5) is 14.9 Å².